The van der Waals surface area contributed by atoms with E-state index in [0.29, 0.717) is 11.9 Å². The third-order valence-electron chi connectivity index (χ3n) is 4.60. The maximum Gasteiger partial charge on any atom is 0.289 e. The molecule has 1 atom stereocenters. The molecule has 7 heteroatoms. The fourth-order valence-corrected chi connectivity index (χ4v) is 3.11. The molecule has 0 spiro atoms. The predicted molar refractivity (Wildman–Crippen MR) is 93.1 cm³/mol. The van der Waals surface area contributed by atoms with E-state index in [9.17, 15) is 14.3 Å². The Kier molecular flexibility index (Phi) is 5.36. The van der Waals surface area contributed by atoms with Crippen molar-refractivity contribution in [3.63, 3.8) is 0 Å². The number of hydrogen-bond donors (Lipinski definition) is 1. The second-order valence-electron chi connectivity index (χ2n) is 6.71. The molecule has 136 valence electrons. The Morgan fingerprint density at radius 1 is 1.36 bits per heavy atom. The monoisotopic (exact) mass is 349 g/mol. The van der Waals surface area contributed by atoms with Gasteiger partial charge in [-0.3, -0.25) is 9.69 Å². The summed E-state index contributed by atoms with van der Waals surface area (Å²) < 4.78 is 19.1. The molecule has 6 nitrogen and oxygen atoms in total. The van der Waals surface area contributed by atoms with Gasteiger partial charge in [0.15, 0.2) is 17.2 Å². The van der Waals surface area contributed by atoms with Gasteiger partial charge in [0.2, 0.25) is 0 Å². The van der Waals surface area contributed by atoms with E-state index in [1.54, 1.807) is 19.2 Å². The van der Waals surface area contributed by atoms with Crippen molar-refractivity contribution in [2.24, 2.45) is 0 Å². The first-order valence-corrected chi connectivity index (χ1v) is 8.46. The molecular formula is C18H24FN3O3. The maximum atomic E-state index is 13.7. The number of para-hydroxylation sites is 1. The van der Waals surface area contributed by atoms with Gasteiger partial charge in [0.25, 0.3) is 5.91 Å². The van der Waals surface area contributed by atoms with Gasteiger partial charge in [0, 0.05) is 51.7 Å². The minimum Gasteiger partial charge on any atom is -0.448 e. The lowest BCUT2D eigenvalue weighted by Gasteiger charge is -2.34. The van der Waals surface area contributed by atoms with Crippen molar-refractivity contribution in [3.05, 3.63) is 35.8 Å². The molecule has 1 fully saturated rings. The molecule has 0 aliphatic carbocycles. The second-order valence-corrected chi connectivity index (χ2v) is 6.71. The van der Waals surface area contributed by atoms with Crippen LogP contribution in [0.2, 0.25) is 0 Å². The van der Waals surface area contributed by atoms with Crippen LogP contribution in [0.25, 0.3) is 11.0 Å². The number of likely N-dealkylation sites (N-methyl/N-ethyl adjacent to an activating group) is 2. The Hall–Kier alpha value is -1.96. The van der Waals surface area contributed by atoms with Crippen LogP contribution in [0, 0.1) is 5.82 Å². The van der Waals surface area contributed by atoms with Gasteiger partial charge in [-0.2, -0.15) is 0 Å². The summed E-state index contributed by atoms with van der Waals surface area (Å²) in [5, 5.41) is 10.8. The number of carbonyl (C=O) groups excluding carboxylic acids is 1. The van der Waals surface area contributed by atoms with E-state index < -0.39 is 11.9 Å². The highest BCUT2D eigenvalue weighted by molar-refractivity contribution is 5.96. The number of aliphatic hydroxyl groups excluding tert-OH is 1. The van der Waals surface area contributed by atoms with E-state index in [2.05, 4.69) is 16.8 Å². The topological polar surface area (TPSA) is 60.2 Å². The zero-order valence-corrected chi connectivity index (χ0v) is 14.6. The van der Waals surface area contributed by atoms with E-state index in [0.717, 1.165) is 26.2 Å². The Bertz CT molecular complexity index is 740. The van der Waals surface area contributed by atoms with Crippen LogP contribution in [0.1, 0.15) is 10.6 Å². The molecule has 2 heterocycles. The molecule has 1 aromatic carbocycles. The Balaban J connectivity index is 1.58. The summed E-state index contributed by atoms with van der Waals surface area (Å²) in [6.07, 6.45) is -0.640. The van der Waals surface area contributed by atoms with Crippen molar-refractivity contribution < 1.29 is 18.7 Å². The average molecular weight is 349 g/mol. The van der Waals surface area contributed by atoms with Crippen molar-refractivity contribution in [2.75, 3.05) is 53.4 Å². The highest BCUT2D eigenvalue weighted by Crippen LogP contribution is 2.22. The standard InChI is InChI=1S/C18H24FN3O3/c1-20-6-8-22(9-7-20)12-14(23)11-21(2)18(24)16-10-13-4-3-5-15(19)17(13)25-16/h3-5,10,14,23H,6-9,11-12H2,1-2H3. The van der Waals surface area contributed by atoms with Gasteiger partial charge in [0.1, 0.15) is 0 Å². The normalized spacial score (nSPS) is 17.8. The molecule has 0 bridgehead atoms. The van der Waals surface area contributed by atoms with Gasteiger partial charge in [-0.25, -0.2) is 4.39 Å². The quantitative estimate of drug-likeness (QED) is 0.880. The summed E-state index contributed by atoms with van der Waals surface area (Å²) in [6.45, 7) is 4.51. The van der Waals surface area contributed by atoms with E-state index in [1.807, 2.05) is 0 Å². The highest BCUT2D eigenvalue weighted by Gasteiger charge is 2.22. The summed E-state index contributed by atoms with van der Waals surface area (Å²) in [4.78, 5) is 18.3. The van der Waals surface area contributed by atoms with Crippen LogP contribution in [0.4, 0.5) is 4.39 Å². The molecule has 1 unspecified atom stereocenters. The molecule has 2 aromatic rings. The molecule has 3 rings (SSSR count). The second kappa shape index (κ2) is 7.51. The van der Waals surface area contributed by atoms with Gasteiger partial charge >= 0.3 is 0 Å². The Morgan fingerprint density at radius 3 is 2.76 bits per heavy atom. The van der Waals surface area contributed by atoms with Crippen molar-refractivity contribution in [1.29, 1.82) is 0 Å². The van der Waals surface area contributed by atoms with Crippen molar-refractivity contribution in [2.45, 2.75) is 6.10 Å². The van der Waals surface area contributed by atoms with Crippen LogP contribution in [0.5, 0.6) is 0 Å². The molecule has 1 aliphatic heterocycles. The first kappa shape index (κ1) is 17.8. The third kappa shape index (κ3) is 4.18. The average Bonchev–Trinajstić information content (AvgIpc) is 3.02. The number of rotatable bonds is 5. The number of nitrogens with zero attached hydrogens (tertiary/aromatic N) is 3. The van der Waals surface area contributed by atoms with E-state index in [1.165, 1.54) is 17.0 Å². The molecule has 1 saturated heterocycles. The number of β-amino-alcohol motifs (C(OH)–C–C–N with tert-alkyl or cyclic N) is 1. The van der Waals surface area contributed by atoms with Crippen LogP contribution < -0.4 is 0 Å². The van der Waals surface area contributed by atoms with Gasteiger partial charge in [-0.1, -0.05) is 12.1 Å². The number of hydrogen-bond acceptors (Lipinski definition) is 5. The molecule has 0 radical (unpaired) electrons. The Labute approximate surface area is 146 Å². The van der Waals surface area contributed by atoms with Crippen molar-refractivity contribution >= 4 is 16.9 Å². The highest BCUT2D eigenvalue weighted by atomic mass is 19.1. The zero-order chi connectivity index (χ0) is 18.0. The van der Waals surface area contributed by atoms with E-state index in [-0.39, 0.29) is 23.8 Å². The zero-order valence-electron chi connectivity index (χ0n) is 14.6. The van der Waals surface area contributed by atoms with Crippen LogP contribution >= 0.6 is 0 Å². The van der Waals surface area contributed by atoms with Gasteiger partial charge in [-0.05, 0) is 19.2 Å². The minimum absolute atomic E-state index is 0.0781. The largest absolute Gasteiger partial charge is 0.448 e. The lowest BCUT2D eigenvalue weighted by molar-refractivity contribution is 0.0486. The third-order valence-corrected chi connectivity index (χ3v) is 4.60. The van der Waals surface area contributed by atoms with Crippen LogP contribution in [0.3, 0.4) is 0 Å². The molecule has 1 amide bonds. The van der Waals surface area contributed by atoms with Crippen molar-refractivity contribution in [1.82, 2.24) is 14.7 Å². The first-order valence-electron chi connectivity index (χ1n) is 8.46. The number of carbonyl (C=O) groups is 1. The van der Waals surface area contributed by atoms with Gasteiger partial charge < -0.3 is 19.3 Å². The number of halogens is 1. The number of piperazine rings is 1. The molecule has 1 N–H and O–H groups in total. The number of furan rings is 1. The summed E-state index contributed by atoms with van der Waals surface area (Å²) >= 11 is 0. The molecule has 25 heavy (non-hydrogen) atoms. The maximum absolute atomic E-state index is 13.7. The minimum atomic E-state index is -0.640. The molecule has 1 aromatic heterocycles. The van der Waals surface area contributed by atoms with Crippen LogP contribution in [-0.4, -0.2) is 85.2 Å². The van der Waals surface area contributed by atoms with Gasteiger partial charge in [-0.15, -0.1) is 0 Å². The first-order chi connectivity index (χ1) is 11.9. The smallest absolute Gasteiger partial charge is 0.289 e. The fraction of sp³-hybridized carbons (Fsp3) is 0.500. The summed E-state index contributed by atoms with van der Waals surface area (Å²) in [7, 11) is 3.69. The number of amides is 1. The molecular weight excluding hydrogens is 325 g/mol. The van der Waals surface area contributed by atoms with Crippen LogP contribution in [-0.2, 0) is 0 Å². The fourth-order valence-electron chi connectivity index (χ4n) is 3.11. The Morgan fingerprint density at radius 2 is 2.08 bits per heavy atom. The number of fused-ring (bicyclic) bond motifs is 1. The lowest BCUT2D eigenvalue weighted by atomic mass is 10.2. The summed E-state index contributed by atoms with van der Waals surface area (Å²) in [6, 6.07) is 6.10. The SMILES string of the molecule is CN1CCN(CC(O)CN(C)C(=O)c2cc3cccc(F)c3o2)CC1. The summed E-state index contributed by atoms with van der Waals surface area (Å²) in [5.74, 6) is -0.781. The molecule has 1 aliphatic rings. The van der Waals surface area contributed by atoms with Crippen molar-refractivity contribution in [3.8, 4) is 0 Å². The van der Waals surface area contributed by atoms with E-state index >= 15 is 0 Å². The molecule has 0 saturated carbocycles. The number of aliphatic hydroxyl groups is 1. The lowest BCUT2D eigenvalue weighted by Crippen LogP contribution is -2.48. The van der Waals surface area contributed by atoms with Gasteiger partial charge in [0.05, 0.1) is 6.10 Å². The van der Waals surface area contributed by atoms with Crippen LogP contribution in [0.15, 0.2) is 28.7 Å². The van der Waals surface area contributed by atoms with E-state index in [4.69, 9.17) is 4.42 Å². The number of benzene rings is 1. The predicted octanol–water partition coefficient (Wildman–Crippen LogP) is 1.25. The summed E-state index contributed by atoms with van der Waals surface area (Å²) in [5.41, 5.74) is 0.0808.